The van der Waals surface area contributed by atoms with E-state index in [0.29, 0.717) is 43.8 Å². The van der Waals surface area contributed by atoms with Gasteiger partial charge >= 0.3 is 0 Å². The second kappa shape index (κ2) is 8.14. The highest BCUT2D eigenvalue weighted by atomic mass is 19.1. The van der Waals surface area contributed by atoms with E-state index in [1.54, 1.807) is 24.2 Å². The number of dihydropyridines is 1. The minimum atomic E-state index is -0.810. The van der Waals surface area contributed by atoms with Gasteiger partial charge in [-0.2, -0.15) is 0 Å². The summed E-state index contributed by atoms with van der Waals surface area (Å²) in [5.74, 6) is -0.294. The van der Waals surface area contributed by atoms with Crippen molar-refractivity contribution in [1.82, 2.24) is 19.8 Å². The topological polar surface area (TPSA) is 79.6 Å². The third-order valence-electron chi connectivity index (χ3n) is 5.43. The van der Waals surface area contributed by atoms with Gasteiger partial charge in [-0.25, -0.2) is 9.37 Å². The van der Waals surface area contributed by atoms with Crippen LogP contribution in [0.3, 0.4) is 0 Å². The summed E-state index contributed by atoms with van der Waals surface area (Å²) >= 11 is 0. The van der Waals surface area contributed by atoms with Crippen LogP contribution < -0.4 is 5.32 Å². The number of aromatic nitrogens is 2. The van der Waals surface area contributed by atoms with Crippen molar-refractivity contribution in [1.29, 1.82) is 0 Å². The Labute approximate surface area is 168 Å². The van der Waals surface area contributed by atoms with Crippen LogP contribution in [0.2, 0.25) is 0 Å². The second-order valence-corrected chi connectivity index (χ2v) is 7.46. The average molecular weight is 397 g/mol. The third kappa shape index (κ3) is 4.06. The van der Waals surface area contributed by atoms with Crippen LogP contribution >= 0.6 is 0 Å². The van der Waals surface area contributed by atoms with E-state index in [9.17, 15) is 14.0 Å². The SMILES string of the molecule is CNC(=O)C1=NC(Cn2ccc3cc(C(=O)N4CCC(F)CC4)cnc32)CC=C1. The maximum Gasteiger partial charge on any atom is 0.269 e. The number of carbonyl (C=O) groups is 2. The molecule has 1 N–H and O–H groups in total. The number of carbonyl (C=O) groups excluding carboxylic acids is 2. The predicted octanol–water partition coefficient (Wildman–Crippen LogP) is 2.13. The van der Waals surface area contributed by atoms with Gasteiger partial charge in [-0.3, -0.25) is 14.6 Å². The summed E-state index contributed by atoms with van der Waals surface area (Å²) in [6.45, 7) is 1.48. The molecule has 2 aliphatic heterocycles. The summed E-state index contributed by atoms with van der Waals surface area (Å²) in [6.07, 6.45) is 7.94. The van der Waals surface area contributed by atoms with Gasteiger partial charge in [-0.1, -0.05) is 6.08 Å². The number of hydrogen-bond donors (Lipinski definition) is 1. The molecule has 0 bridgehead atoms. The van der Waals surface area contributed by atoms with Crippen molar-refractivity contribution >= 4 is 28.6 Å². The lowest BCUT2D eigenvalue weighted by molar-refractivity contribution is -0.114. The van der Waals surface area contributed by atoms with Crippen molar-refractivity contribution in [2.24, 2.45) is 4.99 Å². The number of pyridine rings is 1. The molecule has 0 aromatic carbocycles. The molecule has 2 aliphatic rings. The fourth-order valence-corrected chi connectivity index (χ4v) is 3.81. The molecule has 1 atom stereocenters. The van der Waals surface area contributed by atoms with Crippen LogP contribution in [-0.2, 0) is 11.3 Å². The van der Waals surface area contributed by atoms with E-state index in [-0.39, 0.29) is 17.9 Å². The van der Waals surface area contributed by atoms with Crippen molar-refractivity contribution < 1.29 is 14.0 Å². The van der Waals surface area contributed by atoms with Crippen molar-refractivity contribution in [3.63, 3.8) is 0 Å². The molecular weight excluding hydrogens is 373 g/mol. The first kappa shape index (κ1) is 19.3. The molecule has 152 valence electrons. The Morgan fingerprint density at radius 2 is 2.10 bits per heavy atom. The number of aliphatic imine (C=N–C) groups is 1. The summed E-state index contributed by atoms with van der Waals surface area (Å²) in [5, 5.41) is 3.47. The van der Waals surface area contributed by atoms with E-state index in [4.69, 9.17) is 0 Å². The molecule has 1 unspecified atom stereocenters. The quantitative estimate of drug-likeness (QED) is 0.858. The minimum absolute atomic E-state index is 0.0481. The molecule has 4 heterocycles. The predicted molar refractivity (Wildman–Crippen MR) is 109 cm³/mol. The standard InChI is InChI=1S/C21H24FN5O2/c1-23-20(28)18-4-2-3-17(25-18)13-27-8-5-14-11-15(12-24-19(14)27)21(29)26-9-6-16(22)7-10-26/h2,4-5,8,11-12,16-17H,3,6-7,9-10,13H2,1H3,(H,23,28). The molecule has 2 aromatic heterocycles. The zero-order valence-electron chi connectivity index (χ0n) is 16.3. The van der Waals surface area contributed by atoms with Gasteiger partial charge in [0.2, 0.25) is 0 Å². The van der Waals surface area contributed by atoms with Gasteiger partial charge in [0.1, 0.15) is 17.5 Å². The second-order valence-electron chi connectivity index (χ2n) is 7.46. The van der Waals surface area contributed by atoms with Crippen molar-refractivity contribution in [2.45, 2.75) is 38.0 Å². The number of amides is 2. The zero-order chi connectivity index (χ0) is 20.4. The van der Waals surface area contributed by atoms with Crippen molar-refractivity contribution in [2.75, 3.05) is 20.1 Å². The summed E-state index contributed by atoms with van der Waals surface area (Å²) in [5.41, 5.74) is 1.72. The fourth-order valence-electron chi connectivity index (χ4n) is 3.81. The maximum absolute atomic E-state index is 13.3. The number of hydrogen-bond acceptors (Lipinski definition) is 4. The molecule has 0 aliphatic carbocycles. The summed E-state index contributed by atoms with van der Waals surface area (Å²) in [4.78, 5) is 35.2. The highest BCUT2D eigenvalue weighted by Crippen LogP contribution is 2.21. The number of nitrogens with one attached hydrogen (secondary N) is 1. The Bertz CT molecular complexity index is 988. The van der Waals surface area contributed by atoms with Gasteiger partial charge in [0.05, 0.1) is 11.6 Å². The zero-order valence-corrected chi connectivity index (χ0v) is 16.3. The summed E-state index contributed by atoms with van der Waals surface area (Å²) < 4.78 is 15.3. The van der Waals surface area contributed by atoms with E-state index >= 15 is 0 Å². The first-order valence-electron chi connectivity index (χ1n) is 9.90. The number of fused-ring (bicyclic) bond motifs is 1. The lowest BCUT2D eigenvalue weighted by Crippen LogP contribution is -2.39. The molecule has 0 radical (unpaired) electrons. The number of halogens is 1. The third-order valence-corrected chi connectivity index (χ3v) is 5.43. The van der Waals surface area contributed by atoms with Crippen LogP contribution in [-0.4, -0.2) is 64.3 Å². The number of rotatable bonds is 4. The monoisotopic (exact) mass is 397 g/mol. The Kier molecular flexibility index (Phi) is 5.42. The molecule has 1 fully saturated rings. The highest BCUT2D eigenvalue weighted by Gasteiger charge is 2.24. The molecule has 1 saturated heterocycles. The fraction of sp³-hybridized carbons (Fsp3) is 0.429. The van der Waals surface area contributed by atoms with E-state index in [0.717, 1.165) is 17.5 Å². The molecular formula is C21H24FN5O2. The first-order chi connectivity index (χ1) is 14.0. The van der Waals surface area contributed by atoms with Gasteiger partial charge in [-0.05, 0) is 37.5 Å². The largest absolute Gasteiger partial charge is 0.354 e. The normalized spacial score (nSPS) is 20.0. The van der Waals surface area contributed by atoms with Crippen molar-refractivity contribution in [3.05, 3.63) is 42.2 Å². The summed E-state index contributed by atoms with van der Waals surface area (Å²) in [7, 11) is 1.59. The number of likely N-dealkylation sites (tertiary alicyclic amines) is 1. The molecule has 8 heteroatoms. The summed E-state index contributed by atoms with van der Waals surface area (Å²) in [6, 6.07) is 3.71. The van der Waals surface area contributed by atoms with Crippen LogP contribution in [0.1, 0.15) is 29.6 Å². The van der Waals surface area contributed by atoms with Crippen molar-refractivity contribution in [3.8, 4) is 0 Å². The number of nitrogens with zero attached hydrogens (tertiary/aromatic N) is 4. The lowest BCUT2D eigenvalue weighted by atomic mass is 10.1. The Morgan fingerprint density at radius 3 is 2.86 bits per heavy atom. The smallest absolute Gasteiger partial charge is 0.269 e. The molecule has 2 aromatic rings. The van der Waals surface area contributed by atoms with E-state index in [1.165, 1.54) is 0 Å². The molecule has 29 heavy (non-hydrogen) atoms. The highest BCUT2D eigenvalue weighted by molar-refractivity contribution is 6.43. The molecule has 0 spiro atoms. The number of alkyl halides is 1. The molecule has 2 amide bonds. The van der Waals surface area contributed by atoms with E-state index in [1.807, 2.05) is 29.0 Å². The van der Waals surface area contributed by atoms with Gasteiger partial charge in [0, 0.05) is 44.5 Å². The maximum atomic E-state index is 13.3. The van der Waals surface area contributed by atoms with Gasteiger partial charge in [-0.15, -0.1) is 0 Å². The Morgan fingerprint density at radius 1 is 1.31 bits per heavy atom. The first-order valence-corrected chi connectivity index (χ1v) is 9.90. The average Bonchev–Trinajstić information content (AvgIpc) is 3.15. The molecule has 0 saturated carbocycles. The minimum Gasteiger partial charge on any atom is -0.354 e. The lowest BCUT2D eigenvalue weighted by Gasteiger charge is -2.28. The van der Waals surface area contributed by atoms with Gasteiger partial charge in [0.25, 0.3) is 11.8 Å². The Balaban J connectivity index is 1.50. The van der Waals surface area contributed by atoms with E-state index < -0.39 is 6.17 Å². The molecule has 4 rings (SSSR count). The van der Waals surface area contributed by atoms with Crippen LogP contribution in [0.15, 0.2) is 41.7 Å². The van der Waals surface area contributed by atoms with Crippen LogP contribution in [0.25, 0.3) is 11.0 Å². The van der Waals surface area contributed by atoms with Crippen LogP contribution in [0.4, 0.5) is 4.39 Å². The van der Waals surface area contributed by atoms with Gasteiger partial charge in [0.15, 0.2) is 0 Å². The Hall–Kier alpha value is -3.03. The van der Waals surface area contributed by atoms with Crippen LogP contribution in [0, 0.1) is 0 Å². The van der Waals surface area contributed by atoms with Crippen LogP contribution in [0.5, 0.6) is 0 Å². The van der Waals surface area contributed by atoms with Gasteiger partial charge < -0.3 is 14.8 Å². The number of piperidine rings is 1. The molecule has 7 nitrogen and oxygen atoms in total. The van der Waals surface area contributed by atoms with E-state index in [2.05, 4.69) is 15.3 Å².